The third-order valence-electron chi connectivity index (χ3n) is 14.9. The number of carbonyl (C=O) groups is 3. The first-order valence-electron chi connectivity index (χ1n) is 33.0. The Morgan fingerprint density at radius 1 is 0.284 bits per heavy atom. The molecule has 0 aromatic rings. The van der Waals surface area contributed by atoms with E-state index in [1.165, 1.54) is 238 Å². The Morgan fingerprint density at radius 2 is 0.527 bits per heavy atom. The van der Waals surface area contributed by atoms with Crippen molar-refractivity contribution in [3.8, 4) is 0 Å². The maximum atomic E-state index is 12.9. The summed E-state index contributed by atoms with van der Waals surface area (Å²) in [6.07, 6.45) is 77.4. The molecule has 0 saturated heterocycles. The molecule has 0 aliphatic rings. The standard InChI is InChI=1S/C68H126O6/c1-4-7-10-13-16-19-22-25-27-29-30-31-32-33-34-35-36-37-38-40-41-43-46-49-52-55-58-61-67(70)73-64-65(63-72-66(69)60-57-54-51-48-45-24-21-18-15-12-9-6-3)74-68(71)62-59-56-53-50-47-44-42-39-28-26-23-20-17-14-11-8-5-2/h8,11,17,20,26,28,65H,4-7,9-10,12-16,18-19,21-25,27,29-64H2,1-3H3/b11-8-,20-17-,28-26-. The molecule has 6 nitrogen and oxygen atoms in total. The summed E-state index contributed by atoms with van der Waals surface area (Å²) in [5, 5.41) is 0. The Bertz CT molecular complexity index is 1240. The lowest BCUT2D eigenvalue weighted by Crippen LogP contribution is -2.30. The van der Waals surface area contributed by atoms with Gasteiger partial charge in [0.2, 0.25) is 0 Å². The summed E-state index contributed by atoms with van der Waals surface area (Å²) in [6.45, 7) is 6.58. The summed E-state index contributed by atoms with van der Waals surface area (Å²) in [4.78, 5) is 38.3. The predicted molar refractivity (Wildman–Crippen MR) is 321 cm³/mol. The molecule has 74 heavy (non-hydrogen) atoms. The molecule has 0 fully saturated rings. The van der Waals surface area contributed by atoms with Gasteiger partial charge in [-0.2, -0.15) is 0 Å². The van der Waals surface area contributed by atoms with Crippen LogP contribution < -0.4 is 0 Å². The first kappa shape index (κ1) is 71.6. The molecule has 0 radical (unpaired) electrons. The highest BCUT2D eigenvalue weighted by atomic mass is 16.6. The van der Waals surface area contributed by atoms with Crippen molar-refractivity contribution in [3.63, 3.8) is 0 Å². The number of carbonyl (C=O) groups excluding carboxylic acids is 3. The van der Waals surface area contributed by atoms with Gasteiger partial charge in [0, 0.05) is 19.3 Å². The highest BCUT2D eigenvalue weighted by Gasteiger charge is 2.19. The maximum Gasteiger partial charge on any atom is 0.306 e. The van der Waals surface area contributed by atoms with Crippen molar-refractivity contribution in [1.29, 1.82) is 0 Å². The van der Waals surface area contributed by atoms with Gasteiger partial charge in [0.25, 0.3) is 0 Å². The molecule has 1 unspecified atom stereocenters. The average Bonchev–Trinajstić information content (AvgIpc) is 3.40. The second kappa shape index (κ2) is 63.2. The van der Waals surface area contributed by atoms with Crippen LogP contribution in [0.1, 0.15) is 361 Å². The SMILES string of the molecule is CC/C=C\C/C=C\C/C=C\CCCCCCCCCC(=O)OC(COC(=O)CCCCCCCCCCCCCC)COC(=O)CCCCCCCCCCCCCCCCCCCCCCCCCCCCC. The van der Waals surface area contributed by atoms with E-state index in [4.69, 9.17) is 14.2 Å². The van der Waals surface area contributed by atoms with E-state index in [1.807, 2.05) is 0 Å². The third-order valence-corrected chi connectivity index (χ3v) is 14.9. The van der Waals surface area contributed by atoms with Crippen LogP contribution in [0.25, 0.3) is 0 Å². The largest absolute Gasteiger partial charge is 0.462 e. The number of hydrogen-bond acceptors (Lipinski definition) is 6. The van der Waals surface area contributed by atoms with E-state index in [0.717, 1.165) is 83.5 Å². The summed E-state index contributed by atoms with van der Waals surface area (Å²) in [6, 6.07) is 0. The molecule has 0 saturated carbocycles. The van der Waals surface area contributed by atoms with E-state index in [9.17, 15) is 14.4 Å². The summed E-state index contributed by atoms with van der Waals surface area (Å²) >= 11 is 0. The van der Waals surface area contributed by atoms with E-state index in [1.54, 1.807) is 0 Å². The van der Waals surface area contributed by atoms with Gasteiger partial charge in [0.1, 0.15) is 13.2 Å². The van der Waals surface area contributed by atoms with Crippen LogP contribution in [-0.2, 0) is 28.6 Å². The number of unbranched alkanes of at least 4 members (excludes halogenated alkanes) is 44. The molecule has 0 rings (SSSR count). The normalized spacial score (nSPS) is 12.2. The van der Waals surface area contributed by atoms with Gasteiger partial charge in [-0.1, -0.05) is 327 Å². The van der Waals surface area contributed by atoms with Crippen molar-refractivity contribution >= 4 is 17.9 Å². The molecule has 0 bridgehead atoms. The van der Waals surface area contributed by atoms with Crippen LogP contribution >= 0.6 is 0 Å². The second-order valence-electron chi connectivity index (χ2n) is 22.4. The van der Waals surface area contributed by atoms with E-state index < -0.39 is 6.10 Å². The molecule has 0 heterocycles. The maximum absolute atomic E-state index is 12.9. The number of rotatable bonds is 61. The summed E-state index contributed by atoms with van der Waals surface area (Å²) in [7, 11) is 0. The van der Waals surface area contributed by atoms with Crippen LogP contribution in [-0.4, -0.2) is 37.2 Å². The quantitative estimate of drug-likeness (QED) is 0.0261. The number of hydrogen-bond donors (Lipinski definition) is 0. The van der Waals surface area contributed by atoms with Crippen LogP contribution in [0.4, 0.5) is 0 Å². The highest BCUT2D eigenvalue weighted by Crippen LogP contribution is 2.18. The van der Waals surface area contributed by atoms with Gasteiger partial charge in [0.05, 0.1) is 0 Å². The first-order valence-corrected chi connectivity index (χ1v) is 33.0. The van der Waals surface area contributed by atoms with Crippen molar-refractivity contribution in [2.45, 2.75) is 367 Å². The minimum atomic E-state index is -0.774. The van der Waals surface area contributed by atoms with Crippen molar-refractivity contribution in [2.24, 2.45) is 0 Å². The summed E-state index contributed by atoms with van der Waals surface area (Å²) in [5.41, 5.74) is 0. The van der Waals surface area contributed by atoms with Crippen molar-refractivity contribution < 1.29 is 28.6 Å². The van der Waals surface area contributed by atoms with Gasteiger partial charge in [0.15, 0.2) is 6.10 Å². The molecule has 1 atom stereocenters. The Kier molecular flexibility index (Phi) is 61.1. The van der Waals surface area contributed by atoms with Gasteiger partial charge in [-0.3, -0.25) is 14.4 Å². The molecule has 0 aliphatic heterocycles. The van der Waals surface area contributed by atoms with Crippen molar-refractivity contribution in [3.05, 3.63) is 36.5 Å². The molecule has 0 aromatic carbocycles. The van der Waals surface area contributed by atoms with E-state index >= 15 is 0 Å². The van der Waals surface area contributed by atoms with Crippen LogP contribution in [0.5, 0.6) is 0 Å². The van der Waals surface area contributed by atoms with Gasteiger partial charge in [-0.15, -0.1) is 0 Å². The number of allylic oxidation sites excluding steroid dienone is 6. The predicted octanol–water partition coefficient (Wildman–Crippen LogP) is 22.4. The lowest BCUT2D eigenvalue weighted by atomic mass is 10.0. The van der Waals surface area contributed by atoms with E-state index in [-0.39, 0.29) is 31.1 Å². The molecular weight excluding hydrogens is 913 g/mol. The molecule has 6 heteroatoms. The van der Waals surface area contributed by atoms with E-state index in [2.05, 4.69) is 57.2 Å². The second-order valence-corrected chi connectivity index (χ2v) is 22.4. The number of ether oxygens (including phenoxy) is 3. The molecule has 434 valence electrons. The van der Waals surface area contributed by atoms with Crippen molar-refractivity contribution in [2.75, 3.05) is 13.2 Å². The van der Waals surface area contributed by atoms with Gasteiger partial charge >= 0.3 is 17.9 Å². The molecule has 0 aliphatic carbocycles. The van der Waals surface area contributed by atoms with Gasteiger partial charge in [-0.25, -0.2) is 0 Å². The zero-order chi connectivity index (χ0) is 53.6. The molecule has 0 N–H and O–H groups in total. The fraction of sp³-hybridized carbons (Fsp3) is 0.868. The molecule has 0 amide bonds. The van der Waals surface area contributed by atoms with Crippen LogP contribution in [0, 0.1) is 0 Å². The van der Waals surface area contributed by atoms with Crippen molar-refractivity contribution in [1.82, 2.24) is 0 Å². The Hall–Kier alpha value is -2.37. The zero-order valence-electron chi connectivity index (χ0n) is 49.9. The zero-order valence-corrected chi connectivity index (χ0v) is 49.9. The first-order chi connectivity index (χ1) is 36.5. The Morgan fingerprint density at radius 3 is 0.824 bits per heavy atom. The average molecular weight is 1040 g/mol. The Labute approximate surface area is 461 Å². The topological polar surface area (TPSA) is 78.9 Å². The lowest BCUT2D eigenvalue weighted by molar-refractivity contribution is -0.167. The highest BCUT2D eigenvalue weighted by molar-refractivity contribution is 5.71. The van der Waals surface area contributed by atoms with Crippen LogP contribution in [0.3, 0.4) is 0 Å². The van der Waals surface area contributed by atoms with E-state index in [0.29, 0.717) is 19.3 Å². The smallest absolute Gasteiger partial charge is 0.306 e. The minimum absolute atomic E-state index is 0.0709. The monoisotopic (exact) mass is 1040 g/mol. The minimum Gasteiger partial charge on any atom is -0.462 e. The number of esters is 3. The molecule has 0 spiro atoms. The van der Waals surface area contributed by atoms with Crippen LogP contribution in [0.15, 0.2) is 36.5 Å². The van der Waals surface area contributed by atoms with Crippen LogP contribution in [0.2, 0.25) is 0 Å². The van der Waals surface area contributed by atoms with Gasteiger partial charge in [-0.05, 0) is 51.4 Å². The summed E-state index contributed by atoms with van der Waals surface area (Å²) in [5.74, 6) is -0.857. The molecular formula is C68H126O6. The van der Waals surface area contributed by atoms with Gasteiger partial charge < -0.3 is 14.2 Å². The third kappa shape index (κ3) is 60.5. The lowest BCUT2D eigenvalue weighted by Gasteiger charge is -2.18. The summed E-state index contributed by atoms with van der Waals surface area (Å²) < 4.78 is 16.9. The fourth-order valence-corrected chi connectivity index (χ4v) is 9.99. The fourth-order valence-electron chi connectivity index (χ4n) is 9.99. The Balaban J connectivity index is 4.18. The molecule has 0 aromatic heterocycles.